The molecule has 130 valence electrons. The van der Waals surface area contributed by atoms with E-state index in [9.17, 15) is 14.4 Å². The van der Waals surface area contributed by atoms with E-state index >= 15 is 0 Å². The molecule has 2 N–H and O–H groups in total. The zero-order valence-corrected chi connectivity index (χ0v) is 14.4. The number of anilines is 1. The van der Waals surface area contributed by atoms with Gasteiger partial charge in [0, 0.05) is 12.8 Å². The number of amides is 1. The molecule has 1 aliphatic carbocycles. The fraction of sp³-hybridized carbons (Fsp3) is 0.316. The van der Waals surface area contributed by atoms with E-state index in [4.69, 9.17) is 10.1 Å². The van der Waals surface area contributed by atoms with E-state index in [0.717, 1.165) is 6.08 Å². The first-order valence-electron chi connectivity index (χ1n) is 7.79. The van der Waals surface area contributed by atoms with Crippen LogP contribution in [0, 0.1) is 10.8 Å². The molecular weight excluding hydrogens is 320 g/mol. The third-order valence-corrected chi connectivity index (χ3v) is 3.90. The van der Waals surface area contributed by atoms with Crippen molar-refractivity contribution in [1.82, 2.24) is 0 Å². The van der Waals surface area contributed by atoms with Crippen molar-refractivity contribution in [1.29, 1.82) is 5.41 Å². The fourth-order valence-corrected chi connectivity index (χ4v) is 2.68. The molecule has 0 bridgehead atoms. The van der Waals surface area contributed by atoms with Crippen LogP contribution in [0.3, 0.4) is 0 Å². The first kappa shape index (κ1) is 18.4. The van der Waals surface area contributed by atoms with Crippen molar-refractivity contribution in [2.45, 2.75) is 26.7 Å². The van der Waals surface area contributed by atoms with Crippen LogP contribution >= 0.6 is 0 Å². The minimum absolute atomic E-state index is 0.0516. The van der Waals surface area contributed by atoms with E-state index in [1.54, 1.807) is 24.3 Å². The maximum absolute atomic E-state index is 12.4. The average Bonchev–Trinajstić information content (AvgIpc) is 2.53. The molecule has 1 amide bonds. The summed E-state index contributed by atoms with van der Waals surface area (Å²) in [4.78, 5) is 36.8. The molecule has 0 aliphatic heterocycles. The van der Waals surface area contributed by atoms with Crippen molar-refractivity contribution in [3.05, 3.63) is 41.5 Å². The number of carbonyl (C=O) groups excluding carboxylic acids is 3. The number of ether oxygens (including phenoxy) is 1. The molecule has 2 rings (SSSR count). The standard InChI is InChI=1S/C19H20N2O4/c1-19(2)9-15(22)13(16(23)10-19)8-12(11-20)18(24)21-14-6-4-5-7-17(14)25-3/h4-8,20H,9-10H2,1-3H3,(H,21,24). The maximum Gasteiger partial charge on any atom is 0.265 e. The minimum atomic E-state index is -0.641. The summed E-state index contributed by atoms with van der Waals surface area (Å²) in [6.07, 6.45) is 1.60. The van der Waals surface area contributed by atoms with Crippen molar-refractivity contribution >= 4 is 29.0 Å². The second-order valence-corrected chi connectivity index (χ2v) is 6.62. The van der Waals surface area contributed by atoms with Gasteiger partial charge in [-0.2, -0.15) is 0 Å². The first-order chi connectivity index (χ1) is 11.8. The monoisotopic (exact) mass is 340 g/mol. The second kappa shape index (κ2) is 7.28. The van der Waals surface area contributed by atoms with Crippen LogP contribution in [0.15, 0.2) is 41.5 Å². The number of benzene rings is 1. The molecule has 0 saturated heterocycles. The zero-order chi connectivity index (χ0) is 18.6. The number of rotatable bonds is 4. The summed E-state index contributed by atoms with van der Waals surface area (Å²) in [5, 5.41) is 9.93. The van der Waals surface area contributed by atoms with Crippen molar-refractivity contribution in [3.63, 3.8) is 0 Å². The summed E-state index contributed by atoms with van der Waals surface area (Å²) in [5.41, 5.74) is -0.213. The second-order valence-electron chi connectivity index (χ2n) is 6.62. The van der Waals surface area contributed by atoms with Crippen LogP contribution in [0.5, 0.6) is 5.75 Å². The molecular formula is C19H20N2O4. The summed E-state index contributed by atoms with van der Waals surface area (Å²) in [6.45, 7) is 3.70. The van der Waals surface area contributed by atoms with Gasteiger partial charge in [0.05, 0.1) is 18.4 Å². The van der Waals surface area contributed by atoms with Gasteiger partial charge in [-0.05, 0) is 29.5 Å². The molecule has 6 heteroatoms. The molecule has 1 aliphatic rings. The molecule has 0 radical (unpaired) electrons. The van der Waals surface area contributed by atoms with Gasteiger partial charge in [0.25, 0.3) is 5.91 Å². The van der Waals surface area contributed by atoms with E-state index in [1.807, 2.05) is 19.7 Å². The number of allylic oxidation sites excluding steroid dienone is 1. The van der Waals surface area contributed by atoms with Crippen molar-refractivity contribution in [2.75, 3.05) is 12.4 Å². The SMILES string of the molecule is COc1ccccc1NC(=O)C(=C=N)C=C1C(=O)CC(C)(C)CC1=O. The highest BCUT2D eigenvalue weighted by atomic mass is 16.5. The minimum Gasteiger partial charge on any atom is -0.495 e. The molecule has 0 spiro atoms. The Morgan fingerprint density at radius 2 is 1.84 bits per heavy atom. The Morgan fingerprint density at radius 3 is 2.40 bits per heavy atom. The van der Waals surface area contributed by atoms with Crippen LogP contribution in [-0.2, 0) is 14.4 Å². The fourth-order valence-electron chi connectivity index (χ4n) is 2.68. The highest BCUT2D eigenvalue weighted by Crippen LogP contribution is 2.34. The molecule has 1 saturated carbocycles. The number of hydrogen-bond donors (Lipinski definition) is 2. The third kappa shape index (κ3) is 4.31. The van der Waals surface area contributed by atoms with Crippen molar-refractivity contribution < 1.29 is 19.1 Å². The van der Waals surface area contributed by atoms with Gasteiger partial charge in [0.15, 0.2) is 11.6 Å². The number of Topliss-reactive ketones (excluding diaryl/α,β-unsaturated/α-hetero) is 2. The predicted octanol–water partition coefficient (Wildman–Crippen LogP) is 2.69. The van der Waals surface area contributed by atoms with Crippen LogP contribution in [0.2, 0.25) is 0 Å². The summed E-state index contributed by atoms with van der Waals surface area (Å²) in [5.74, 6) is 1.18. The van der Waals surface area contributed by atoms with Crippen LogP contribution in [-0.4, -0.2) is 30.5 Å². The van der Waals surface area contributed by atoms with Gasteiger partial charge in [-0.3, -0.25) is 19.8 Å². The molecule has 6 nitrogen and oxygen atoms in total. The lowest BCUT2D eigenvalue weighted by molar-refractivity contribution is -0.127. The molecule has 1 fully saturated rings. The van der Waals surface area contributed by atoms with E-state index in [2.05, 4.69) is 5.32 Å². The summed E-state index contributed by atoms with van der Waals surface area (Å²) in [7, 11) is 1.47. The predicted molar refractivity (Wildman–Crippen MR) is 94.0 cm³/mol. The normalized spacial score (nSPS) is 16.0. The molecule has 0 atom stereocenters. The average molecular weight is 340 g/mol. The van der Waals surface area contributed by atoms with Crippen molar-refractivity contribution in [3.8, 4) is 5.75 Å². The quantitative estimate of drug-likeness (QED) is 0.500. The van der Waals surface area contributed by atoms with Gasteiger partial charge in [0.2, 0.25) is 0 Å². The first-order valence-corrected chi connectivity index (χ1v) is 7.79. The number of para-hydroxylation sites is 2. The Kier molecular flexibility index (Phi) is 5.35. The molecule has 25 heavy (non-hydrogen) atoms. The van der Waals surface area contributed by atoms with E-state index in [0.29, 0.717) is 11.4 Å². The van der Waals surface area contributed by atoms with E-state index < -0.39 is 5.91 Å². The van der Waals surface area contributed by atoms with E-state index in [-0.39, 0.29) is 41.0 Å². The number of nitrogens with one attached hydrogen (secondary N) is 2. The van der Waals surface area contributed by atoms with Crippen LogP contribution in [0.25, 0.3) is 0 Å². The summed E-state index contributed by atoms with van der Waals surface area (Å²) in [6, 6.07) is 6.80. The highest BCUT2D eigenvalue weighted by Gasteiger charge is 2.35. The lowest BCUT2D eigenvalue weighted by Gasteiger charge is -2.28. The highest BCUT2D eigenvalue weighted by molar-refractivity contribution is 6.24. The Bertz CT molecular complexity index is 792. The van der Waals surface area contributed by atoms with Gasteiger partial charge < -0.3 is 10.1 Å². The van der Waals surface area contributed by atoms with Gasteiger partial charge in [-0.25, -0.2) is 0 Å². The number of ketones is 2. The molecule has 0 aromatic heterocycles. The topological polar surface area (TPSA) is 96.3 Å². The third-order valence-electron chi connectivity index (χ3n) is 3.90. The van der Waals surface area contributed by atoms with Crippen molar-refractivity contribution in [2.24, 2.45) is 5.41 Å². The Balaban J connectivity index is 2.25. The number of hydrogen-bond acceptors (Lipinski definition) is 5. The van der Waals surface area contributed by atoms with Crippen LogP contribution in [0.1, 0.15) is 26.7 Å². The number of carbonyl (C=O) groups is 3. The van der Waals surface area contributed by atoms with Gasteiger partial charge in [0.1, 0.15) is 11.3 Å². The van der Waals surface area contributed by atoms with Gasteiger partial charge in [-0.15, -0.1) is 0 Å². The van der Waals surface area contributed by atoms with Crippen LogP contribution in [0.4, 0.5) is 5.69 Å². The van der Waals surface area contributed by atoms with E-state index in [1.165, 1.54) is 7.11 Å². The maximum atomic E-state index is 12.4. The molecule has 1 aromatic rings. The van der Waals surface area contributed by atoms with Crippen LogP contribution < -0.4 is 10.1 Å². The lowest BCUT2D eigenvalue weighted by Crippen LogP contribution is -2.31. The summed E-state index contributed by atoms with van der Waals surface area (Å²) >= 11 is 0. The van der Waals surface area contributed by atoms with Gasteiger partial charge >= 0.3 is 0 Å². The largest absolute Gasteiger partial charge is 0.495 e. The Hall–Kier alpha value is -2.98. The summed E-state index contributed by atoms with van der Waals surface area (Å²) < 4.78 is 5.15. The zero-order valence-electron chi connectivity index (χ0n) is 14.4. The Morgan fingerprint density at radius 1 is 1.24 bits per heavy atom. The van der Waals surface area contributed by atoms with Gasteiger partial charge in [-0.1, -0.05) is 26.0 Å². The molecule has 1 aromatic carbocycles. The number of methoxy groups -OCH3 is 1. The Labute approximate surface area is 146 Å². The molecule has 0 heterocycles. The smallest absolute Gasteiger partial charge is 0.265 e. The lowest BCUT2D eigenvalue weighted by atomic mass is 9.74. The molecule has 0 unspecified atom stereocenters.